The van der Waals surface area contributed by atoms with Gasteiger partial charge in [-0.2, -0.15) is 0 Å². The Labute approximate surface area is 118 Å². The summed E-state index contributed by atoms with van der Waals surface area (Å²) in [5, 5.41) is 0.732. The minimum atomic E-state index is -0.169. The minimum absolute atomic E-state index is 0.0788. The van der Waals surface area contributed by atoms with E-state index in [1.807, 2.05) is 24.3 Å². The van der Waals surface area contributed by atoms with Crippen LogP contribution in [0.5, 0.6) is 0 Å². The van der Waals surface area contributed by atoms with Crippen molar-refractivity contribution in [1.29, 1.82) is 0 Å². The van der Waals surface area contributed by atoms with Gasteiger partial charge in [0.25, 0.3) is 0 Å². The average molecular weight is 279 g/mol. The number of rotatable bonds is 2. The molecule has 0 aliphatic carbocycles. The molecule has 3 rings (SSSR count). The lowest BCUT2D eigenvalue weighted by Crippen LogP contribution is -2.50. The van der Waals surface area contributed by atoms with Gasteiger partial charge in [0.1, 0.15) is 0 Å². The highest BCUT2D eigenvalue weighted by Gasteiger charge is 2.48. The normalized spacial score (nSPS) is 34.4. The second-order valence-electron chi connectivity index (χ2n) is 5.79. The van der Waals surface area contributed by atoms with Crippen molar-refractivity contribution in [2.75, 3.05) is 7.05 Å². The van der Waals surface area contributed by atoms with Gasteiger partial charge >= 0.3 is 0 Å². The van der Waals surface area contributed by atoms with Crippen LogP contribution < -0.4 is 5.73 Å². The molecule has 102 valence electrons. The lowest BCUT2D eigenvalue weighted by molar-refractivity contribution is -0.126. The van der Waals surface area contributed by atoms with Crippen LogP contribution in [0.2, 0.25) is 5.02 Å². The molecule has 2 aliphatic rings. The number of hydrogen-bond donors (Lipinski definition) is 1. The maximum absolute atomic E-state index is 11.9. The fourth-order valence-corrected chi connectivity index (χ4v) is 4.03. The van der Waals surface area contributed by atoms with E-state index in [0.717, 1.165) is 17.9 Å². The van der Waals surface area contributed by atoms with E-state index in [1.165, 1.54) is 12.0 Å². The van der Waals surface area contributed by atoms with E-state index in [-0.39, 0.29) is 17.7 Å². The fourth-order valence-electron chi connectivity index (χ4n) is 3.91. The Balaban J connectivity index is 1.95. The molecule has 4 heteroatoms. The molecule has 1 aromatic carbocycles. The second-order valence-corrected chi connectivity index (χ2v) is 6.22. The third-order valence-corrected chi connectivity index (χ3v) is 5.15. The van der Waals surface area contributed by atoms with E-state index in [1.54, 1.807) is 0 Å². The van der Waals surface area contributed by atoms with Crippen molar-refractivity contribution >= 4 is 17.5 Å². The molecule has 19 heavy (non-hydrogen) atoms. The first-order valence-electron chi connectivity index (χ1n) is 6.84. The number of nitrogens with two attached hydrogens (primary N) is 1. The van der Waals surface area contributed by atoms with Crippen molar-refractivity contribution in [3.63, 3.8) is 0 Å². The Kier molecular flexibility index (Phi) is 3.27. The Morgan fingerprint density at radius 1 is 1.32 bits per heavy atom. The highest BCUT2D eigenvalue weighted by atomic mass is 35.5. The van der Waals surface area contributed by atoms with Gasteiger partial charge in [-0.25, -0.2) is 0 Å². The fraction of sp³-hybridized carbons (Fsp3) is 0.533. The van der Waals surface area contributed by atoms with Gasteiger partial charge in [-0.05, 0) is 49.9 Å². The number of carbonyl (C=O) groups is 1. The molecule has 0 saturated carbocycles. The van der Waals surface area contributed by atoms with Gasteiger partial charge in [-0.15, -0.1) is 0 Å². The van der Waals surface area contributed by atoms with Crippen molar-refractivity contribution in [2.24, 2.45) is 11.7 Å². The monoisotopic (exact) mass is 278 g/mol. The van der Waals surface area contributed by atoms with Crippen LogP contribution in [0.25, 0.3) is 0 Å². The number of amides is 1. The predicted molar refractivity (Wildman–Crippen MR) is 76.1 cm³/mol. The zero-order valence-corrected chi connectivity index (χ0v) is 11.8. The van der Waals surface area contributed by atoms with Gasteiger partial charge < -0.3 is 5.73 Å². The van der Waals surface area contributed by atoms with Crippen molar-refractivity contribution in [1.82, 2.24) is 4.90 Å². The largest absolute Gasteiger partial charge is 0.369 e. The highest BCUT2D eigenvalue weighted by Crippen LogP contribution is 2.46. The summed E-state index contributed by atoms with van der Waals surface area (Å²) in [7, 11) is 2.12. The smallest absolute Gasteiger partial charge is 0.222 e. The first-order valence-corrected chi connectivity index (χ1v) is 7.22. The Hall–Kier alpha value is -1.06. The van der Waals surface area contributed by atoms with Crippen LogP contribution in [-0.4, -0.2) is 29.9 Å². The third kappa shape index (κ3) is 2.15. The average Bonchev–Trinajstić information content (AvgIpc) is 2.63. The van der Waals surface area contributed by atoms with Gasteiger partial charge in [0.05, 0.1) is 5.92 Å². The first-order chi connectivity index (χ1) is 9.08. The van der Waals surface area contributed by atoms with E-state index < -0.39 is 0 Å². The van der Waals surface area contributed by atoms with E-state index >= 15 is 0 Å². The SMILES string of the molecule is CN1C2CCC1[C@@H](C(N)=O)[C@@H](c1ccc(Cl)cc1)C2. The molecule has 3 nitrogen and oxygen atoms in total. The molecule has 2 unspecified atom stereocenters. The number of fused-ring (bicyclic) bond motifs is 2. The summed E-state index contributed by atoms with van der Waals surface area (Å²) in [4.78, 5) is 14.3. The van der Waals surface area contributed by atoms with Gasteiger partial charge in [0.2, 0.25) is 5.91 Å². The summed E-state index contributed by atoms with van der Waals surface area (Å²) < 4.78 is 0. The summed E-state index contributed by atoms with van der Waals surface area (Å²) >= 11 is 5.94. The number of benzene rings is 1. The zero-order chi connectivity index (χ0) is 13.6. The van der Waals surface area contributed by atoms with E-state index in [4.69, 9.17) is 17.3 Å². The predicted octanol–water partition coefficient (Wildman–Crippen LogP) is 2.39. The molecule has 2 fully saturated rings. The minimum Gasteiger partial charge on any atom is -0.369 e. The molecular weight excluding hydrogens is 260 g/mol. The van der Waals surface area contributed by atoms with Crippen LogP contribution in [0.4, 0.5) is 0 Å². The van der Waals surface area contributed by atoms with Crippen molar-refractivity contribution in [3.8, 4) is 0 Å². The summed E-state index contributed by atoms with van der Waals surface area (Å²) in [5.74, 6) is -0.00876. The number of carbonyl (C=O) groups excluding carboxylic acids is 1. The first kappa shape index (κ1) is 12.9. The Bertz CT molecular complexity index is 487. The van der Waals surface area contributed by atoms with Crippen molar-refractivity contribution in [3.05, 3.63) is 34.9 Å². The third-order valence-electron chi connectivity index (χ3n) is 4.90. The van der Waals surface area contributed by atoms with Crippen LogP contribution in [0.3, 0.4) is 0 Å². The van der Waals surface area contributed by atoms with E-state index in [2.05, 4.69) is 11.9 Å². The molecule has 0 spiro atoms. The van der Waals surface area contributed by atoms with E-state index in [9.17, 15) is 4.79 Å². The lowest BCUT2D eigenvalue weighted by Gasteiger charge is -2.41. The standard InChI is InChI=1S/C15H19ClN2O/c1-18-11-6-7-13(18)14(15(17)19)12(8-11)9-2-4-10(16)5-3-9/h2-5,11-14H,6-8H2,1H3,(H2,17,19)/t11?,12-,13?,14+/m1/s1. The molecule has 2 N–H and O–H groups in total. The number of piperidine rings is 1. The summed E-state index contributed by atoms with van der Waals surface area (Å²) in [6, 6.07) is 8.75. The van der Waals surface area contributed by atoms with Crippen molar-refractivity contribution < 1.29 is 4.79 Å². The van der Waals surface area contributed by atoms with Crippen molar-refractivity contribution in [2.45, 2.75) is 37.3 Å². The molecule has 4 atom stereocenters. The van der Waals surface area contributed by atoms with E-state index in [0.29, 0.717) is 12.1 Å². The molecule has 0 radical (unpaired) electrons. The van der Waals surface area contributed by atoms with Gasteiger partial charge in [0.15, 0.2) is 0 Å². The molecule has 1 amide bonds. The maximum atomic E-state index is 11.9. The second kappa shape index (κ2) is 4.80. The van der Waals surface area contributed by atoms with Gasteiger partial charge in [0, 0.05) is 17.1 Å². The Morgan fingerprint density at radius 2 is 2.00 bits per heavy atom. The lowest BCUT2D eigenvalue weighted by atomic mass is 9.76. The van der Waals surface area contributed by atoms with Crippen LogP contribution in [0, 0.1) is 5.92 Å². The molecule has 2 saturated heterocycles. The quantitative estimate of drug-likeness (QED) is 0.903. The van der Waals surface area contributed by atoms with Gasteiger partial charge in [-0.1, -0.05) is 23.7 Å². The molecule has 1 aromatic rings. The number of halogens is 1. The van der Waals surface area contributed by atoms with Crippen LogP contribution in [-0.2, 0) is 4.79 Å². The zero-order valence-electron chi connectivity index (χ0n) is 11.1. The van der Waals surface area contributed by atoms with Crippen LogP contribution in [0.15, 0.2) is 24.3 Å². The molecule has 2 aliphatic heterocycles. The van der Waals surface area contributed by atoms with Crippen LogP contribution in [0.1, 0.15) is 30.7 Å². The molecule has 0 aromatic heterocycles. The van der Waals surface area contributed by atoms with Crippen LogP contribution >= 0.6 is 11.6 Å². The topological polar surface area (TPSA) is 46.3 Å². The van der Waals surface area contributed by atoms with Gasteiger partial charge in [-0.3, -0.25) is 9.69 Å². The molecule has 2 heterocycles. The summed E-state index contributed by atoms with van der Waals surface area (Å²) in [6.07, 6.45) is 3.27. The number of hydrogen-bond acceptors (Lipinski definition) is 2. The maximum Gasteiger partial charge on any atom is 0.222 e. The summed E-state index contributed by atoms with van der Waals surface area (Å²) in [6.45, 7) is 0. The number of primary amides is 1. The molecular formula is C15H19ClN2O. The highest BCUT2D eigenvalue weighted by molar-refractivity contribution is 6.30. The molecule has 2 bridgehead atoms. The summed E-state index contributed by atoms with van der Waals surface area (Å²) in [5.41, 5.74) is 6.87. The number of nitrogens with zero attached hydrogens (tertiary/aromatic N) is 1. The Morgan fingerprint density at radius 3 is 2.63 bits per heavy atom.